The van der Waals surface area contributed by atoms with Gasteiger partial charge in [0.1, 0.15) is 11.4 Å². The topological polar surface area (TPSA) is 54.4 Å². The van der Waals surface area contributed by atoms with Gasteiger partial charge in [0.15, 0.2) is 0 Å². The van der Waals surface area contributed by atoms with E-state index in [1.807, 2.05) is 0 Å². The molecule has 4 heteroatoms. The molecule has 1 aromatic rings. The summed E-state index contributed by atoms with van der Waals surface area (Å²) < 4.78 is 13.3. The van der Waals surface area contributed by atoms with Gasteiger partial charge in [-0.15, -0.1) is 0 Å². The zero-order chi connectivity index (χ0) is 12.1. The SMILES string of the molecule is CC/C=C(\C(=O)O)C(=O)c1ccccc1F. The molecule has 3 nitrogen and oxygen atoms in total. The van der Waals surface area contributed by atoms with Crippen molar-refractivity contribution in [3.63, 3.8) is 0 Å². The van der Waals surface area contributed by atoms with Crippen molar-refractivity contribution < 1.29 is 19.1 Å². The molecule has 16 heavy (non-hydrogen) atoms. The molecule has 0 fully saturated rings. The summed E-state index contributed by atoms with van der Waals surface area (Å²) in [6.45, 7) is 1.71. The third-order valence-electron chi connectivity index (χ3n) is 2.00. The molecule has 0 aliphatic rings. The van der Waals surface area contributed by atoms with Crippen LogP contribution < -0.4 is 0 Å². The van der Waals surface area contributed by atoms with Crippen LogP contribution in [0.3, 0.4) is 0 Å². The van der Waals surface area contributed by atoms with E-state index in [-0.39, 0.29) is 5.56 Å². The predicted molar refractivity (Wildman–Crippen MR) is 56.7 cm³/mol. The molecule has 1 rings (SSSR count). The summed E-state index contributed by atoms with van der Waals surface area (Å²) in [5, 5.41) is 8.82. The van der Waals surface area contributed by atoms with Gasteiger partial charge < -0.3 is 5.11 Å². The molecule has 0 bridgehead atoms. The van der Waals surface area contributed by atoms with Crippen LogP contribution in [0.1, 0.15) is 23.7 Å². The second-order valence-electron chi connectivity index (χ2n) is 3.14. The predicted octanol–water partition coefficient (Wildman–Crippen LogP) is 2.43. The zero-order valence-electron chi connectivity index (χ0n) is 8.74. The zero-order valence-corrected chi connectivity index (χ0v) is 8.74. The Labute approximate surface area is 92.2 Å². The molecular formula is C12H11FO3. The third kappa shape index (κ3) is 2.53. The van der Waals surface area contributed by atoms with Crippen LogP contribution in [0.15, 0.2) is 35.9 Å². The van der Waals surface area contributed by atoms with Gasteiger partial charge in [0.2, 0.25) is 5.78 Å². The van der Waals surface area contributed by atoms with Gasteiger partial charge in [-0.2, -0.15) is 0 Å². The Kier molecular flexibility index (Phi) is 3.94. The Morgan fingerprint density at radius 1 is 1.38 bits per heavy atom. The summed E-state index contributed by atoms with van der Waals surface area (Å²) in [5.41, 5.74) is -0.614. The average Bonchev–Trinajstić information content (AvgIpc) is 2.25. The van der Waals surface area contributed by atoms with Gasteiger partial charge in [0.05, 0.1) is 5.56 Å². The number of carbonyl (C=O) groups is 2. The molecule has 0 saturated heterocycles. The van der Waals surface area contributed by atoms with Crippen molar-refractivity contribution in [3.8, 4) is 0 Å². The lowest BCUT2D eigenvalue weighted by atomic mass is 10.0. The normalized spacial score (nSPS) is 11.2. The highest BCUT2D eigenvalue weighted by molar-refractivity contribution is 6.23. The Hall–Kier alpha value is -1.97. The summed E-state index contributed by atoms with van der Waals surface area (Å²) in [4.78, 5) is 22.5. The van der Waals surface area contributed by atoms with Crippen molar-refractivity contribution in [2.24, 2.45) is 0 Å². The summed E-state index contributed by atoms with van der Waals surface area (Å²) in [6.07, 6.45) is 1.68. The first-order valence-corrected chi connectivity index (χ1v) is 4.80. The first-order chi connectivity index (χ1) is 7.57. The molecule has 1 N–H and O–H groups in total. The first kappa shape index (κ1) is 12.1. The molecule has 0 spiro atoms. The molecule has 0 unspecified atom stereocenters. The molecule has 0 atom stereocenters. The lowest BCUT2D eigenvalue weighted by Crippen LogP contribution is -2.14. The van der Waals surface area contributed by atoms with E-state index in [1.54, 1.807) is 6.92 Å². The standard InChI is InChI=1S/C12H11FO3/c1-2-5-9(12(15)16)11(14)8-6-3-4-7-10(8)13/h3-7H,2H2,1H3,(H,15,16)/b9-5-. The lowest BCUT2D eigenvalue weighted by Gasteiger charge is -2.02. The second-order valence-corrected chi connectivity index (χ2v) is 3.14. The number of carboxylic acids is 1. The number of hydrogen-bond acceptors (Lipinski definition) is 2. The van der Waals surface area contributed by atoms with Gasteiger partial charge in [-0.1, -0.05) is 25.1 Å². The van der Waals surface area contributed by atoms with Crippen molar-refractivity contribution in [3.05, 3.63) is 47.3 Å². The summed E-state index contributed by atoms with van der Waals surface area (Å²) in [7, 11) is 0. The van der Waals surface area contributed by atoms with Crippen molar-refractivity contribution >= 4 is 11.8 Å². The number of ketones is 1. The van der Waals surface area contributed by atoms with Gasteiger partial charge in [-0.3, -0.25) is 4.79 Å². The van der Waals surface area contributed by atoms with Crippen molar-refractivity contribution in [1.29, 1.82) is 0 Å². The largest absolute Gasteiger partial charge is 0.478 e. The number of Topliss-reactive ketones (excluding diaryl/α,β-unsaturated/α-hetero) is 1. The van der Waals surface area contributed by atoms with Crippen LogP contribution >= 0.6 is 0 Å². The molecule has 1 aromatic carbocycles. The monoisotopic (exact) mass is 222 g/mol. The maximum absolute atomic E-state index is 13.3. The third-order valence-corrected chi connectivity index (χ3v) is 2.00. The maximum Gasteiger partial charge on any atom is 0.339 e. The molecule has 0 aliphatic carbocycles. The van der Waals surface area contributed by atoms with Crippen LogP contribution in [0.5, 0.6) is 0 Å². The molecule has 0 saturated carbocycles. The number of aliphatic carboxylic acids is 1. The van der Waals surface area contributed by atoms with Gasteiger partial charge in [-0.05, 0) is 18.6 Å². The fourth-order valence-electron chi connectivity index (χ4n) is 1.27. The highest BCUT2D eigenvalue weighted by Gasteiger charge is 2.20. The van der Waals surface area contributed by atoms with Crippen LogP contribution in [0.2, 0.25) is 0 Å². The Balaban J connectivity index is 3.15. The van der Waals surface area contributed by atoms with Crippen LogP contribution in [-0.2, 0) is 4.79 Å². The van der Waals surface area contributed by atoms with Crippen LogP contribution in [-0.4, -0.2) is 16.9 Å². The quantitative estimate of drug-likeness (QED) is 0.368. The van der Waals surface area contributed by atoms with E-state index in [0.29, 0.717) is 6.42 Å². The van der Waals surface area contributed by atoms with Gasteiger partial charge in [-0.25, -0.2) is 9.18 Å². The second kappa shape index (κ2) is 5.21. The highest BCUT2D eigenvalue weighted by Crippen LogP contribution is 2.13. The summed E-state index contributed by atoms with van der Waals surface area (Å²) in [5.74, 6) is -2.85. The smallest absolute Gasteiger partial charge is 0.339 e. The Morgan fingerprint density at radius 3 is 2.50 bits per heavy atom. The van der Waals surface area contributed by atoms with Gasteiger partial charge in [0, 0.05) is 0 Å². The number of rotatable bonds is 4. The van der Waals surface area contributed by atoms with E-state index < -0.39 is 23.1 Å². The minimum absolute atomic E-state index is 0.218. The van der Waals surface area contributed by atoms with E-state index in [9.17, 15) is 14.0 Å². The highest BCUT2D eigenvalue weighted by atomic mass is 19.1. The summed E-state index contributed by atoms with van der Waals surface area (Å²) >= 11 is 0. The lowest BCUT2D eigenvalue weighted by molar-refractivity contribution is -0.132. The minimum atomic E-state index is -1.34. The van der Waals surface area contributed by atoms with Crippen molar-refractivity contribution in [2.75, 3.05) is 0 Å². The fraction of sp³-hybridized carbons (Fsp3) is 0.167. The molecular weight excluding hydrogens is 211 g/mol. The minimum Gasteiger partial charge on any atom is -0.478 e. The van der Waals surface area contributed by atoms with Gasteiger partial charge in [0.25, 0.3) is 0 Å². The maximum atomic E-state index is 13.3. The fourth-order valence-corrected chi connectivity index (χ4v) is 1.27. The number of halogens is 1. The van der Waals surface area contributed by atoms with Crippen LogP contribution in [0.25, 0.3) is 0 Å². The molecule has 0 heterocycles. The van der Waals surface area contributed by atoms with Crippen molar-refractivity contribution in [1.82, 2.24) is 0 Å². The number of hydrogen-bond donors (Lipinski definition) is 1. The van der Waals surface area contributed by atoms with Crippen molar-refractivity contribution in [2.45, 2.75) is 13.3 Å². The molecule has 0 aromatic heterocycles. The number of benzene rings is 1. The summed E-state index contributed by atoms with van der Waals surface area (Å²) in [6, 6.07) is 5.32. The van der Waals surface area contributed by atoms with Crippen LogP contribution in [0.4, 0.5) is 4.39 Å². The van der Waals surface area contributed by atoms with E-state index in [4.69, 9.17) is 5.11 Å². The van der Waals surface area contributed by atoms with E-state index >= 15 is 0 Å². The molecule has 0 amide bonds. The number of allylic oxidation sites excluding steroid dienone is 1. The Bertz CT molecular complexity index is 449. The molecule has 84 valence electrons. The van der Waals surface area contributed by atoms with E-state index in [0.717, 1.165) is 6.07 Å². The molecule has 0 radical (unpaired) electrons. The van der Waals surface area contributed by atoms with E-state index in [2.05, 4.69) is 0 Å². The Morgan fingerprint density at radius 2 is 2.00 bits per heavy atom. The average molecular weight is 222 g/mol. The van der Waals surface area contributed by atoms with Crippen LogP contribution in [0, 0.1) is 5.82 Å². The number of carbonyl (C=O) groups excluding carboxylic acids is 1. The van der Waals surface area contributed by atoms with Gasteiger partial charge >= 0.3 is 5.97 Å². The van der Waals surface area contributed by atoms with E-state index in [1.165, 1.54) is 24.3 Å². The number of carboxylic acid groups (broad SMARTS) is 1. The molecule has 0 aliphatic heterocycles. The first-order valence-electron chi connectivity index (χ1n) is 4.80.